The Bertz CT molecular complexity index is 767. The standard InChI is InChI=1S/C14H5F5N2O/c15-8-9(16)11(18)13(12(19)10(8)17)21-14(22)7-3-1-6(5-20)2-4-7/h1-4H,(H,21,22). The van der Waals surface area contributed by atoms with E-state index >= 15 is 0 Å². The number of rotatable bonds is 2. The van der Waals surface area contributed by atoms with E-state index in [-0.39, 0.29) is 11.1 Å². The third-order valence-electron chi connectivity index (χ3n) is 2.72. The Morgan fingerprint density at radius 1 is 0.864 bits per heavy atom. The van der Waals surface area contributed by atoms with Gasteiger partial charge in [-0.25, -0.2) is 22.0 Å². The minimum atomic E-state index is -2.31. The molecule has 0 saturated heterocycles. The number of nitrogens with one attached hydrogen (secondary N) is 1. The van der Waals surface area contributed by atoms with Crippen molar-refractivity contribution in [2.24, 2.45) is 0 Å². The molecule has 0 spiro atoms. The SMILES string of the molecule is N#Cc1ccc(C(=O)Nc2c(F)c(F)c(F)c(F)c2F)cc1. The van der Waals surface area contributed by atoms with E-state index in [9.17, 15) is 26.7 Å². The van der Waals surface area contributed by atoms with Gasteiger partial charge in [-0.2, -0.15) is 5.26 Å². The van der Waals surface area contributed by atoms with Gasteiger partial charge in [0.05, 0.1) is 11.6 Å². The van der Waals surface area contributed by atoms with E-state index in [0.717, 1.165) is 0 Å². The third-order valence-corrected chi connectivity index (χ3v) is 2.72. The first kappa shape index (κ1) is 15.4. The maximum atomic E-state index is 13.4. The number of nitriles is 1. The van der Waals surface area contributed by atoms with Crippen LogP contribution in [0.4, 0.5) is 27.6 Å². The highest BCUT2D eigenvalue weighted by Crippen LogP contribution is 2.27. The van der Waals surface area contributed by atoms with Gasteiger partial charge in [0.2, 0.25) is 5.82 Å². The highest BCUT2D eigenvalue weighted by atomic mass is 19.2. The lowest BCUT2D eigenvalue weighted by molar-refractivity contribution is 0.102. The lowest BCUT2D eigenvalue weighted by Gasteiger charge is -2.09. The quantitative estimate of drug-likeness (QED) is 0.524. The van der Waals surface area contributed by atoms with Crippen molar-refractivity contribution < 1.29 is 26.7 Å². The maximum absolute atomic E-state index is 13.4. The largest absolute Gasteiger partial charge is 0.317 e. The lowest BCUT2D eigenvalue weighted by Crippen LogP contribution is -2.16. The summed E-state index contributed by atoms with van der Waals surface area (Å²) in [4.78, 5) is 11.8. The molecule has 2 aromatic carbocycles. The Morgan fingerprint density at radius 3 is 1.77 bits per heavy atom. The zero-order valence-corrected chi connectivity index (χ0v) is 10.6. The number of hydrogen-bond donors (Lipinski definition) is 1. The van der Waals surface area contributed by atoms with Crippen LogP contribution >= 0.6 is 0 Å². The van der Waals surface area contributed by atoms with E-state index in [1.807, 2.05) is 0 Å². The fourth-order valence-electron chi connectivity index (χ4n) is 1.60. The fraction of sp³-hybridized carbons (Fsp3) is 0. The summed E-state index contributed by atoms with van der Waals surface area (Å²) in [5.41, 5.74) is -1.33. The molecule has 0 aliphatic heterocycles. The first-order chi connectivity index (χ1) is 10.4. The van der Waals surface area contributed by atoms with Crippen LogP contribution in [0.15, 0.2) is 24.3 Å². The maximum Gasteiger partial charge on any atom is 0.255 e. The summed E-state index contributed by atoms with van der Waals surface area (Å²) < 4.78 is 65.7. The minimum absolute atomic E-state index is 0.122. The van der Waals surface area contributed by atoms with E-state index in [1.165, 1.54) is 24.3 Å². The van der Waals surface area contributed by atoms with E-state index in [4.69, 9.17) is 5.26 Å². The van der Waals surface area contributed by atoms with Gasteiger partial charge in [0.15, 0.2) is 23.3 Å². The van der Waals surface area contributed by atoms with Gasteiger partial charge in [-0.05, 0) is 24.3 Å². The minimum Gasteiger partial charge on any atom is -0.317 e. The van der Waals surface area contributed by atoms with Gasteiger partial charge in [0, 0.05) is 5.56 Å². The van der Waals surface area contributed by atoms with Crippen molar-refractivity contribution in [3.63, 3.8) is 0 Å². The molecule has 112 valence electrons. The zero-order valence-electron chi connectivity index (χ0n) is 10.6. The number of benzene rings is 2. The van der Waals surface area contributed by atoms with Crippen molar-refractivity contribution in [3.8, 4) is 6.07 Å². The van der Waals surface area contributed by atoms with Gasteiger partial charge in [-0.1, -0.05) is 0 Å². The molecule has 2 rings (SSSR count). The summed E-state index contributed by atoms with van der Waals surface area (Å²) in [6.45, 7) is 0. The summed E-state index contributed by atoms with van der Waals surface area (Å²) in [6, 6.07) is 6.64. The smallest absolute Gasteiger partial charge is 0.255 e. The summed E-state index contributed by atoms with van der Waals surface area (Å²) in [7, 11) is 0. The second-order valence-corrected chi connectivity index (χ2v) is 4.09. The van der Waals surface area contributed by atoms with Crippen LogP contribution in [-0.4, -0.2) is 5.91 Å². The predicted octanol–water partition coefficient (Wildman–Crippen LogP) is 3.51. The molecule has 0 radical (unpaired) electrons. The molecule has 0 unspecified atom stereocenters. The van der Waals surface area contributed by atoms with Gasteiger partial charge in [-0.3, -0.25) is 4.79 Å². The second kappa shape index (κ2) is 5.81. The molecular weight excluding hydrogens is 307 g/mol. The Morgan fingerprint density at radius 2 is 1.32 bits per heavy atom. The van der Waals surface area contributed by atoms with Crippen molar-refractivity contribution in [3.05, 3.63) is 64.5 Å². The molecule has 0 saturated carbocycles. The third kappa shape index (κ3) is 2.61. The molecule has 0 aliphatic rings. The van der Waals surface area contributed by atoms with Gasteiger partial charge in [0.1, 0.15) is 5.69 Å². The fourth-order valence-corrected chi connectivity index (χ4v) is 1.60. The molecule has 0 aromatic heterocycles. The van der Waals surface area contributed by atoms with Crippen molar-refractivity contribution in [2.75, 3.05) is 5.32 Å². The molecular formula is C14H5F5N2O. The monoisotopic (exact) mass is 312 g/mol. The first-order valence-electron chi connectivity index (χ1n) is 5.69. The van der Waals surface area contributed by atoms with Crippen molar-refractivity contribution in [1.29, 1.82) is 5.26 Å². The molecule has 0 fully saturated rings. The molecule has 22 heavy (non-hydrogen) atoms. The topological polar surface area (TPSA) is 52.9 Å². The van der Waals surface area contributed by atoms with Gasteiger partial charge < -0.3 is 5.32 Å². The van der Waals surface area contributed by atoms with E-state index in [0.29, 0.717) is 0 Å². The normalized spacial score (nSPS) is 10.2. The van der Waals surface area contributed by atoms with Crippen molar-refractivity contribution in [2.45, 2.75) is 0 Å². The number of halogens is 5. The molecule has 0 bridgehead atoms. The number of anilines is 1. The Kier molecular flexibility index (Phi) is 4.08. The number of hydrogen-bond acceptors (Lipinski definition) is 2. The van der Waals surface area contributed by atoms with Crippen LogP contribution in [0, 0.1) is 40.4 Å². The molecule has 3 nitrogen and oxygen atoms in total. The number of carbonyl (C=O) groups is 1. The van der Waals surface area contributed by atoms with Crippen LogP contribution in [0.25, 0.3) is 0 Å². The van der Waals surface area contributed by atoms with E-state index in [1.54, 1.807) is 11.4 Å². The molecule has 1 N–H and O–H groups in total. The number of nitrogens with zero attached hydrogens (tertiary/aromatic N) is 1. The summed E-state index contributed by atoms with van der Waals surface area (Å²) >= 11 is 0. The predicted molar refractivity (Wildman–Crippen MR) is 65.3 cm³/mol. The zero-order chi connectivity index (χ0) is 16.4. The number of amides is 1. The highest BCUT2D eigenvalue weighted by Gasteiger charge is 2.27. The van der Waals surface area contributed by atoms with Gasteiger partial charge in [-0.15, -0.1) is 0 Å². The van der Waals surface area contributed by atoms with Crippen LogP contribution in [-0.2, 0) is 0 Å². The molecule has 1 amide bonds. The summed E-state index contributed by atoms with van der Waals surface area (Å²) in [5.74, 6) is -12.0. The van der Waals surface area contributed by atoms with Crippen molar-refractivity contribution in [1.82, 2.24) is 0 Å². The van der Waals surface area contributed by atoms with Crippen molar-refractivity contribution >= 4 is 11.6 Å². The Balaban J connectivity index is 2.38. The average Bonchev–Trinajstić information content (AvgIpc) is 2.55. The van der Waals surface area contributed by atoms with Crippen LogP contribution in [0.1, 0.15) is 15.9 Å². The Hall–Kier alpha value is -2.95. The molecule has 0 aliphatic carbocycles. The summed E-state index contributed by atoms with van der Waals surface area (Å²) in [6.07, 6.45) is 0. The molecule has 0 atom stereocenters. The highest BCUT2D eigenvalue weighted by molar-refractivity contribution is 6.04. The Labute approximate surface area is 120 Å². The summed E-state index contributed by atoms with van der Waals surface area (Å²) in [5, 5.41) is 10.2. The first-order valence-corrected chi connectivity index (χ1v) is 5.69. The second-order valence-electron chi connectivity index (χ2n) is 4.09. The van der Waals surface area contributed by atoms with Crippen LogP contribution in [0.5, 0.6) is 0 Å². The van der Waals surface area contributed by atoms with E-state index in [2.05, 4.69) is 0 Å². The van der Waals surface area contributed by atoms with Gasteiger partial charge >= 0.3 is 0 Å². The molecule has 2 aromatic rings. The molecule has 0 heterocycles. The van der Waals surface area contributed by atoms with E-state index < -0.39 is 40.7 Å². The van der Waals surface area contributed by atoms with Crippen LogP contribution in [0.3, 0.4) is 0 Å². The van der Waals surface area contributed by atoms with Crippen LogP contribution in [0.2, 0.25) is 0 Å². The van der Waals surface area contributed by atoms with Gasteiger partial charge in [0.25, 0.3) is 5.91 Å². The van der Waals surface area contributed by atoms with Crippen LogP contribution < -0.4 is 5.32 Å². The average molecular weight is 312 g/mol. The lowest BCUT2D eigenvalue weighted by atomic mass is 10.1. The molecule has 8 heteroatoms. The number of carbonyl (C=O) groups excluding carboxylic acids is 1.